The Kier molecular flexibility index (Phi) is 7.73. The molecule has 5 nitrogen and oxygen atoms in total. The standard InChI is InChI=1S/C7H16N2O3/c8-7(10)11-5-3-1-2-4-6-12-9/h1-6,9H2,(H2,8,10). The van der Waals surface area contributed by atoms with Crippen LogP contribution in [-0.2, 0) is 9.57 Å². The lowest BCUT2D eigenvalue weighted by atomic mass is 10.2. The molecule has 0 saturated carbocycles. The third-order valence-corrected chi connectivity index (χ3v) is 1.40. The van der Waals surface area contributed by atoms with Crippen LogP contribution in [0.25, 0.3) is 0 Å². The molecule has 0 aromatic heterocycles. The summed E-state index contributed by atoms with van der Waals surface area (Å²) in [5.41, 5.74) is 4.76. The highest BCUT2D eigenvalue weighted by molar-refractivity contribution is 5.64. The van der Waals surface area contributed by atoms with Crippen LogP contribution in [0.2, 0.25) is 0 Å². The first-order valence-corrected chi connectivity index (χ1v) is 4.01. The number of amides is 1. The molecular weight excluding hydrogens is 160 g/mol. The normalized spacial score (nSPS) is 9.75. The van der Waals surface area contributed by atoms with Gasteiger partial charge in [0.05, 0.1) is 13.2 Å². The third-order valence-electron chi connectivity index (χ3n) is 1.40. The fourth-order valence-corrected chi connectivity index (χ4v) is 0.814. The van der Waals surface area contributed by atoms with E-state index in [4.69, 9.17) is 11.6 Å². The van der Waals surface area contributed by atoms with Gasteiger partial charge in [-0.2, -0.15) is 0 Å². The van der Waals surface area contributed by atoms with Gasteiger partial charge in [-0.05, 0) is 19.3 Å². The largest absolute Gasteiger partial charge is 0.450 e. The number of carbonyl (C=O) groups excluding carboxylic acids is 1. The number of primary amides is 1. The van der Waals surface area contributed by atoms with E-state index in [1.165, 1.54) is 0 Å². The molecule has 0 spiro atoms. The molecule has 0 aliphatic rings. The van der Waals surface area contributed by atoms with Gasteiger partial charge in [0.1, 0.15) is 0 Å². The first-order chi connectivity index (χ1) is 5.77. The van der Waals surface area contributed by atoms with Gasteiger partial charge < -0.3 is 15.3 Å². The Balaban J connectivity index is 2.86. The Hall–Kier alpha value is -0.810. The van der Waals surface area contributed by atoms with E-state index in [1.54, 1.807) is 0 Å². The smallest absolute Gasteiger partial charge is 0.404 e. The summed E-state index contributed by atoms with van der Waals surface area (Å²) in [6, 6.07) is 0. The van der Waals surface area contributed by atoms with E-state index in [0.29, 0.717) is 13.2 Å². The number of hydrogen-bond acceptors (Lipinski definition) is 4. The summed E-state index contributed by atoms with van der Waals surface area (Å²) < 4.78 is 4.53. The molecule has 0 heterocycles. The number of rotatable bonds is 7. The molecule has 0 aliphatic carbocycles. The number of ether oxygens (including phenoxy) is 1. The molecule has 0 fully saturated rings. The molecule has 0 radical (unpaired) electrons. The molecule has 5 heteroatoms. The van der Waals surface area contributed by atoms with Crippen LogP contribution in [-0.4, -0.2) is 19.3 Å². The second kappa shape index (κ2) is 8.29. The van der Waals surface area contributed by atoms with Crippen LogP contribution >= 0.6 is 0 Å². The van der Waals surface area contributed by atoms with E-state index in [9.17, 15) is 4.79 Å². The fourth-order valence-electron chi connectivity index (χ4n) is 0.814. The number of unbranched alkanes of at least 4 members (excludes halogenated alkanes) is 3. The highest BCUT2D eigenvalue weighted by Crippen LogP contribution is 1.99. The van der Waals surface area contributed by atoms with Gasteiger partial charge in [-0.25, -0.2) is 10.7 Å². The Morgan fingerprint density at radius 2 is 1.67 bits per heavy atom. The van der Waals surface area contributed by atoms with Crippen molar-refractivity contribution in [3.05, 3.63) is 0 Å². The summed E-state index contributed by atoms with van der Waals surface area (Å²) in [5.74, 6) is 4.82. The molecule has 0 bridgehead atoms. The van der Waals surface area contributed by atoms with Crippen molar-refractivity contribution >= 4 is 6.09 Å². The van der Waals surface area contributed by atoms with Gasteiger partial charge in [0.15, 0.2) is 0 Å². The zero-order valence-electron chi connectivity index (χ0n) is 7.12. The minimum absolute atomic E-state index is 0.402. The second-order valence-corrected chi connectivity index (χ2v) is 2.45. The van der Waals surface area contributed by atoms with Gasteiger partial charge in [0, 0.05) is 0 Å². The average molecular weight is 176 g/mol. The zero-order valence-corrected chi connectivity index (χ0v) is 7.12. The summed E-state index contributed by atoms with van der Waals surface area (Å²) in [6.07, 6.45) is 3.09. The number of hydrogen-bond donors (Lipinski definition) is 2. The minimum Gasteiger partial charge on any atom is -0.450 e. The van der Waals surface area contributed by atoms with Gasteiger partial charge in [-0.1, -0.05) is 6.42 Å². The van der Waals surface area contributed by atoms with E-state index in [0.717, 1.165) is 25.7 Å². The molecule has 0 aromatic rings. The first kappa shape index (κ1) is 11.2. The lowest BCUT2D eigenvalue weighted by molar-refractivity contribution is 0.131. The van der Waals surface area contributed by atoms with E-state index >= 15 is 0 Å². The Morgan fingerprint density at radius 3 is 2.17 bits per heavy atom. The zero-order chi connectivity index (χ0) is 9.23. The number of carbonyl (C=O) groups is 1. The molecule has 0 rings (SSSR count). The summed E-state index contributed by atoms with van der Waals surface area (Å²) in [5, 5.41) is 0. The predicted molar refractivity (Wildman–Crippen MR) is 44.1 cm³/mol. The van der Waals surface area contributed by atoms with Gasteiger partial charge >= 0.3 is 6.09 Å². The topological polar surface area (TPSA) is 87.6 Å². The van der Waals surface area contributed by atoms with Crippen molar-refractivity contribution in [3.8, 4) is 0 Å². The molecule has 0 unspecified atom stereocenters. The van der Waals surface area contributed by atoms with Crippen molar-refractivity contribution in [2.24, 2.45) is 11.6 Å². The first-order valence-electron chi connectivity index (χ1n) is 4.01. The maximum Gasteiger partial charge on any atom is 0.404 e. The molecule has 0 aromatic carbocycles. The third kappa shape index (κ3) is 9.19. The van der Waals surface area contributed by atoms with Gasteiger partial charge in [-0.3, -0.25) is 0 Å². The molecule has 0 saturated heterocycles. The second-order valence-electron chi connectivity index (χ2n) is 2.45. The maximum atomic E-state index is 10.1. The average Bonchev–Trinajstić information content (AvgIpc) is 2.02. The van der Waals surface area contributed by atoms with E-state index in [-0.39, 0.29) is 0 Å². The molecule has 1 amide bonds. The molecular formula is C7H16N2O3. The fraction of sp³-hybridized carbons (Fsp3) is 0.857. The summed E-state index contributed by atoms with van der Waals surface area (Å²) in [7, 11) is 0. The quantitative estimate of drug-likeness (QED) is 0.437. The van der Waals surface area contributed by atoms with Crippen LogP contribution in [0, 0.1) is 0 Å². The minimum atomic E-state index is -0.708. The van der Waals surface area contributed by atoms with Crippen molar-refractivity contribution in [3.63, 3.8) is 0 Å². The summed E-state index contributed by atoms with van der Waals surface area (Å²) in [6.45, 7) is 0.982. The molecule has 4 N–H and O–H groups in total. The van der Waals surface area contributed by atoms with E-state index < -0.39 is 6.09 Å². The van der Waals surface area contributed by atoms with E-state index in [2.05, 4.69) is 9.57 Å². The van der Waals surface area contributed by atoms with Gasteiger partial charge in [0.25, 0.3) is 0 Å². The lowest BCUT2D eigenvalue weighted by Gasteiger charge is -2.00. The van der Waals surface area contributed by atoms with Crippen LogP contribution in [0.1, 0.15) is 25.7 Å². The van der Waals surface area contributed by atoms with Crippen LogP contribution < -0.4 is 11.6 Å². The summed E-state index contributed by atoms with van der Waals surface area (Å²) in [4.78, 5) is 14.5. The van der Waals surface area contributed by atoms with Gasteiger partial charge in [-0.15, -0.1) is 0 Å². The van der Waals surface area contributed by atoms with Gasteiger partial charge in [0.2, 0.25) is 0 Å². The highest BCUT2D eigenvalue weighted by Gasteiger charge is 1.93. The SMILES string of the molecule is NOCCCCCCOC(N)=O. The highest BCUT2D eigenvalue weighted by atomic mass is 16.6. The van der Waals surface area contributed by atoms with Crippen LogP contribution in [0.5, 0.6) is 0 Å². The van der Waals surface area contributed by atoms with Crippen LogP contribution in [0.4, 0.5) is 4.79 Å². The lowest BCUT2D eigenvalue weighted by Crippen LogP contribution is -2.13. The van der Waals surface area contributed by atoms with Crippen molar-refractivity contribution in [2.45, 2.75) is 25.7 Å². The van der Waals surface area contributed by atoms with E-state index in [1.807, 2.05) is 0 Å². The van der Waals surface area contributed by atoms with Crippen molar-refractivity contribution in [1.29, 1.82) is 0 Å². The van der Waals surface area contributed by atoms with Crippen LogP contribution in [0.3, 0.4) is 0 Å². The van der Waals surface area contributed by atoms with Crippen molar-refractivity contribution < 1.29 is 14.4 Å². The van der Waals surface area contributed by atoms with Crippen molar-refractivity contribution in [2.75, 3.05) is 13.2 Å². The molecule has 12 heavy (non-hydrogen) atoms. The molecule has 72 valence electrons. The molecule has 0 atom stereocenters. The number of nitrogens with two attached hydrogens (primary N) is 2. The Bertz CT molecular complexity index is 119. The monoisotopic (exact) mass is 176 g/mol. The Morgan fingerprint density at radius 1 is 1.08 bits per heavy atom. The molecule has 0 aliphatic heterocycles. The predicted octanol–water partition coefficient (Wildman–Crippen LogP) is 0.532. The van der Waals surface area contributed by atoms with Crippen LogP contribution in [0.15, 0.2) is 0 Å². The maximum absolute atomic E-state index is 10.1. The Labute approximate surface area is 72.0 Å². The summed E-state index contributed by atoms with van der Waals surface area (Å²) >= 11 is 0. The van der Waals surface area contributed by atoms with Crippen molar-refractivity contribution in [1.82, 2.24) is 0 Å².